The third-order valence-electron chi connectivity index (χ3n) is 2.13. The van der Waals surface area contributed by atoms with Crippen molar-refractivity contribution in [1.82, 2.24) is 9.97 Å². The Bertz CT molecular complexity index is 580. The first-order chi connectivity index (χ1) is 8.60. The molecule has 0 unspecified atom stereocenters. The summed E-state index contributed by atoms with van der Waals surface area (Å²) in [5.41, 5.74) is 0.784. The third-order valence-corrected chi connectivity index (χ3v) is 3.20. The summed E-state index contributed by atoms with van der Waals surface area (Å²) in [7, 11) is 1.56. The van der Waals surface area contributed by atoms with Crippen molar-refractivity contribution in [2.75, 3.05) is 12.4 Å². The van der Waals surface area contributed by atoms with Crippen LogP contribution >= 0.6 is 39.1 Å². The first kappa shape index (κ1) is 13.4. The molecule has 1 heterocycles. The van der Waals surface area contributed by atoms with Gasteiger partial charge in [0.05, 0.1) is 16.6 Å². The number of aromatic nitrogens is 2. The molecule has 0 saturated heterocycles. The smallest absolute Gasteiger partial charge is 0.224 e. The fourth-order valence-electron chi connectivity index (χ4n) is 1.31. The standard InChI is InChI=1S/C11H8BrCl2N3O/c1-18-9-4-6(2-3-8(9)13)16-10-7(12)5-15-11(14)17-10/h2-5H,1H3,(H,15,16,17). The lowest BCUT2D eigenvalue weighted by atomic mass is 10.3. The Labute approximate surface area is 122 Å². The Kier molecular flexibility index (Phi) is 4.27. The normalized spacial score (nSPS) is 10.2. The van der Waals surface area contributed by atoms with E-state index in [9.17, 15) is 0 Å². The molecule has 2 rings (SSSR count). The van der Waals surface area contributed by atoms with Gasteiger partial charge in [-0.1, -0.05) is 11.6 Å². The van der Waals surface area contributed by atoms with E-state index in [1.54, 1.807) is 25.4 Å². The average Bonchev–Trinajstić information content (AvgIpc) is 2.36. The molecule has 1 N–H and O–H groups in total. The summed E-state index contributed by atoms with van der Waals surface area (Å²) in [6.45, 7) is 0. The van der Waals surface area contributed by atoms with Crippen molar-refractivity contribution < 1.29 is 4.74 Å². The van der Waals surface area contributed by atoms with Crippen molar-refractivity contribution in [2.24, 2.45) is 0 Å². The van der Waals surface area contributed by atoms with E-state index >= 15 is 0 Å². The Morgan fingerprint density at radius 1 is 1.33 bits per heavy atom. The summed E-state index contributed by atoms with van der Waals surface area (Å²) >= 11 is 15.0. The number of halogens is 3. The number of rotatable bonds is 3. The second-order valence-corrected chi connectivity index (χ2v) is 4.91. The first-order valence-electron chi connectivity index (χ1n) is 4.89. The number of nitrogens with zero attached hydrogens (tertiary/aromatic N) is 2. The molecular weight excluding hydrogens is 341 g/mol. The summed E-state index contributed by atoms with van der Waals surface area (Å²) in [5, 5.41) is 3.81. The molecule has 0 amide bonds. The van der Waals surface area contributed by atoms with E-state index < -0.39 is 0 Å². The minimum absolute atomic E-state index is 0.168. The van der Waals surface area contributed by atoms with Crippen molar-refractivity contribution in [2.45, 2.75) is 0 Å². The third kappa shape index (κ3) is 3.04. The minimum Gasteiger partial charge on any atom is -0.495 e. The molecule has 0 radical (unpaired) electrons. The molecule has 0 aliphatic carbocycles. The zero-order chi connectivity index (χ0) is 13.1. The molecule has 7 heteroatoms. The van der Waals surface area contributed by atoms with Gasteiger partial charge in [-0.15, -0.1) is 0 Å². The van der Waals surface area contributed by atoms with E-state index in [-0.39, 0.29) is 5.28 Å². The maximum absolute atomic E-state index is 5.95. The van der Waals surface area contributed by atoms with Crippen LogP contribution in [-0.2, 0) is 0 Å². The maximum atomic E-state index is 5.95. The Balaban J connectivity index is 2.31. The molecule has 0 atom stereocenters. The molecule has 2 aromatic rings. The van der Waals surface area contributed by atoms with Gasteiger partial charge in [0.15, 0.2) is 0 Å². The van der Waals surface area contributed by atoms with Crippen LogP contribution in [0, 0.1) is 0 Å². The Hall–Kier alpha value is -1.04. The van der Waals surface area contributed by atoms with Crippen LogP contribution < -0.4 is 10.1 Å². The second kappa shape index (κ2) is 5.73. The van der Waals surface area contributed by atoms with Gasteiger partial charge in [-0.25, -0.2) is 4.98 Å². The van der Waals surface area contributed by atoms with Gasteiger partial charge in [-0.2, -0.15) is 4.98 Å². The lowest BCUT2D eigenvalue weighted by molar-refractivity contribution is 0.415. The van der Waals surface area contributed by atoms with Crippen molar-refractivity contribution in [1.29, 1.82) is 0 Å². The fraction of sp³-hybridized carbons (Fsp3) is 0.0909. The van der Waals surface area contributed by atoms with Gasteiger partial charge >= 0.3 is 0 Å². The van der Waals surface area contributed by atoms with Gasteiger partial charge in [0.1, 0.15) is 11.6 Å². The highest BCUT2D eigenvalue weighted by Crippen LogP contribution is 2.30. The van der Waals surface area contributed by atoms with Crippen molar-refractivity contribution >= 4 is 50.6 Å². The number of hydrogen-bond donors (Lipinski definition) is 1. The highest BCUT2D eigenvalue weighted by atomic mass is 79.9. The average molecular weight is 349 g/mol. The molecule has 0 aliphatic heterocycles. The molecule has 94 valence electrons. The predicted octanol–water partition coefficient (Wildman–Crippen LogP) is 4.30. The molecule has 18 heavy (non-hydrogen) atoms. The molecule has 1 aromatic carbocycles. The highest BCUT2D eigenvalue weighted by Gasteiger charge is 2.06. The van der Waals surface area contributed by atoms with E-state index in [4.69, 9.17) is 27.9 Å². The van der Waals surface area contributed by atoms with Crippen LogP contribution in [0.15, 0.2) is 28.9 Å². The summed E-state index contributed by atoms with van der Waals surface area (Å²) in [5.74, 6) is 1.15. The number of anilines is 2. The van der Waals surface area contributed by atoms with Gasteiger partial charge in [0.2, 0.25) is 5.28 Å². The first-order valence-corrected chi connectivity index (χ1v) is 6.43. The molecule has 0 aliphatic rings. The van der Waals surface area contributed by atoms with Gasteiger partial charge in [0.25, 0.3) is 0 Å². The molecule has 1 aromatic heterocycles. The second-order valence-electron chi connectivity index (χ2n) is 3.31. The zero-order valence-corrected chi connectivity index (χ0v) is 12.3. The minimum atomic E-state index is 0.168. The van der Waals surface area contributed by atoms with E-state index in [0.29, 0.717) is 21.1 Å². The molecule has 0 fully saturated rings. The van der Waals surface area contributed by atoms with Crippen molar-refractivity contribution in [3.05, 3.63) is 39.2 Å². The quantitative estimate of drug-likeness (QED) is 0.840. The SMILES string of the molecule is COc1cc(Nc2nc(Cl)ncc2Br)ccc1Cl. The Morgan fingerprint density at radius 3 is 2.83 bits per heavy atom. The molecule has 0 saturated carbocycles. The van der Waals surface area contributed by atoms with Crippen LogP contribution in [0.2, 0.25) is 10.3 Å². The van der Waals surface area contributed by atoms with E-state index in [0.717, 1.165) is 5.69 Å². The zero-order valence-electron chi connectivity index (χ0n) is 9.25. The van der Waals surface area contributed by atoms with Crippen LogP contribution in [-0.4, -0.2) is 17.1 Å². The number of hydrogen-bond acceptors (Lipinski definition) is 4. The topological polar surface area (TPSA) is 47.0 Å². The summed E-state index contributed by atoms with van der Waals surface area (Å²) < 4.78 is 5.84. The molecule has 0 bridgehead atoms. The predicted molar refractivity (Wildman–Crippen MR) is 76.0 cm³/mol. The molecule has 0 spiro atoms. The van der Waals surface area contributed by atoms with Gasteiger partial charge in [-0.3, -0.25) is 0 Å². The van der Waals surface area contributed by atoms with Crippen LogP contribution in [0.3, 0.4) is 0 Å². The van der Waals surface area contributed by atoms with Gasteiger partial charge in [0, 0.05) is 18.0 Å². The largest absolute Gasteiger partial charge is 0.495 e. The van der Waals surface area contributed by atoms with Crippen LogP contribution in [0.5, 0.6) is 5.75 Å². The molecular formula is C11H8BrCl2N3O. The van der Waals surface area contributed by atoms with E-state index in [1.165, 1.54) is 0 Å². The number of benzene rings is 1. The Morgan fingerprint density at radius 2 is 2.11 bits per heavy atom. The lowest BCUT2D eigenvalue weighted by Gasteiger charge is -2.09. The highest BCUT2D eigenvalue weighted by molar-refractivity contribution is 9.10. The number of methoxy groups -OCH3 is 1. The number of ether oxygens (including phenoxy) is 1. The van der Waals surface area contributed by atoms with Crippen LogP contribution in [0.4, 0.5) is 11.5 Å². The monoisotopic (exact) mass is 347 g/mol. The molecule has 4 nitrogen and oxygen atoms in total. The van der Waals surface area contributed by atoms with E-state index in [1.807, 2.05) is 6.07 Å². The maximum Gasteiger partial charge on any atom is 0.224 e. The van der Waals surface area contributed by atoms with Gasteiger partial charge < -0.3 is 10.1 Å². The summed E-state index contributed by atoms with van der Waals surface area (Å²) in [6.07, 6.45) is 1.57. The fourth-order valence-corrected chi connectivity index (χ4v) is 1.93. The lowest BCUT2D eigenvalue weighted by Crippen LogP contribution is -1.97. The van der Waals surface area contributed by atoms with Crippen molar-refractivity contribution in [3.63, 3.8) is 0 Å². The number of nitrogens with one attached hydrogen (secondary N) is 1. The van der Waals surface area contributed by atoms with E-state index in [2.05, 4.69) is 31.2 Å². The van der Waals surface area contributed by atoms with Crippen molar-refractivity contribution in [3.8, 4) is 5.75 Å². The van der Waals surface area contributed by atoms with Gasteiger partial charge in [-0.05, 0) is 39.7 Å². The summed E-state index contributed by atoms with van der Waals surface area (Å²) in [6, 6.07) is 5.32. The van der Waals surface area contributed by atoms with Crippen LogP contribution in [0.1, 0.15) is 0 Å². The summed E-state index contributed by atoms with van der Waals surface area (Å²) in [4.78, 5) is 7.92. The van der Waals surface area contributed by atoms with Crippen LogP contribution in [0.25, 0.3) is 0 Å².